The molecule has 376 valence electrons. The molecule has 2 aliphatic rings. The highest BCUT2D eigenvalue weighted by Crippen LogP contribution is 2.20. The van der Waals surface area contributed by atoms with Gasteiger partial charge in [-0.15, -0.1) is 0 Å². The minimum absolute atomic E-state index is 0.0214. The van der Waals surface area contributed by atoms with E-state index in [2.05, 4.69) is 42.5 Å². The molecule has 0 unspecified atom stereocenters. The first kappa shape index (κ1) is 53.6. The van der Waals surface area contributed by atoms with Crippen molar-refractivity contribution in [3.05, 3.63) is 108 Å². The number of rotatable bonds is 25. The van der Waals surface area contributed by atoms with Crippen LogP contribution in [0.4, 0.5) is 0 Å². The molecule has 0 aromatic heterocycles. The number of nitrogens with zero attached hydrogens (tertiary/aromatic N) is 1. The highest BCUT2D eigenvalue weighted by Gasteiger charge is 2.39. The maximum atomic E-state index is 14.4. The second-order valence-electron chi connectivity index (χ2n) is 17.4. The van der Waals surface area contributed by atoms with Crippen LogP contribution in [0.1, 0.15) is 62.1 Å². The monoisotopic (exact) mass is 967 g/mol. The van der Waals surface area contributed by atoms with E-state index in [9.17, 15) is 48.6 Å². The van der Waals surface area contributed by atoms with E-state index in [-0.39, 0.29) is 57.1 Å². The summed E-state index contributed by atoms with van der Waals surface area (Å²) in [7, 11) is 0. The van der Waals surface area contributed by atoms with E-state index in [1.165, 1.54) is 11.8 Å². The van der Waals surface area contributed by atoms with E-state index >= 15 is 0 Å². The third-order valence-electron chi connectivity index (χ3n) is 12.1. The normalized spacial score (nSPS) is 17.8. The van der Waals surface area contributed by atoms with Gasteiger partial charge in [0, 0.05) is 32.4 Å². The Labute approximate surface area is 406 Å². The molecule has 7 amide bonds. The third kappa shape index (κ3) is 16.4. The maximum absolute atomic E-state index is 14.4. The van der Waals surface area contributed by atoms with Gasteiger partial charge in [0.1, 0.15) is 42.3 Å². The summed E-state index contributed by atoms with van der Waals surface area (Å²) in [5, 5.41) is 49.3. The molecule has 0 spiro atoms. The molecule has 5 rings (SSSR count). The number of likely N-dealkylation sites (tertiary alicyclic amines) is 1. The molecule has 2 heterocycles. The second-order valence-corrected chi connectivity index (χ2v) is 17.4. The van der Waals surface area contributed by atoms with Gasteiger partial charge in [0.15, 0.2) is 5.96 Å². The Morgan fingerprint density at radius 1 is 0.657 bits per heavy atom. The fraction of sp³-hybridized carbons (Fsp3) is 0.449. The van der Waals surface area contributed by atoms with Crippen molar-refractivity contribution >= 4 is 53.3 Å². The summed E-state index contributed by atoms with van der Waals surface area (Å²) in [6.07, 6.45) is 2.48. The topological polar surface area (TPSA) is 326 Å². The first-order valence-electron chi connectivity index (χ1n) is 23.5. The van der Waals surface area contributed by atoms with Crippen molar-refractivity contribution in [2.24, 2.45) is 5.73 Å². The van der Waals surface area contributed by atoms with Crippen molar-refractivity contribution in [2.75, 3.05) is 26.2 Å². The largest absolute Gasteiger partial charge is 0.480 e. The first-order valence-corrected chi connectivity index (χ1v) is 23.5. The Balaban J connectivity index is 1.30. The quantitative estimate of drug-likeness (QED) is 0.0268. The Bertz CT molecular complexity index is 2270. The lowest BCUT2D eigenvalue weighted by Crippen LogP contribution is -2.61. The average Bonchev–Trinajstić information content (AvgIpc) is 4.08. The Hall–Kier alpha value is -7.39. The van der Waals surface area contributed by atoms with Gasteiger partial charge in [-0.2, -0.15) is 0 Å². The molecule has 2 aliphatic heterocycles. The van der Waals surface area contributed by atoms with Crippen molar-refractivity contribution in [1.82, 2.24) is 47.4 Å². The van der Waals surface area contributed by atoms with E-state index in [1.807, 2.05) is 0 Å². The number of hydrogen-bond acceptors (Lipinski definition) is 11. The molecule has 8 atom stereocenters. The molecule has 70 heavy (non-hydrogen) atoms. The molecular weight excluding hydrogens is 903 g/mol. The fourth-order valence-corrected chi connectivity index (χ4v) is 8.32. The van der Waals surface area contributed by atoms with Crippen molar-refractivity contribution in [2.45, 2.75) is 113 Å². The van der Waals surface area contributed by atoms with Crippen LogP contribution >= 0.6 is 0 Å². The molecule has 0 aliphatic carbocycles. The number of nitrogens with one attached hydrogen (secondary N) is 9. The highest BCUT2D eigenvalue weighted by atomic mass is 16.4. The van der Waals surface area contributed by atoms with Crippen LogP contribution in [0.15, 0.2) is 91.0 Å². The van der Waals surface area contributed by atoms with E-state index in [4.69, 9.17) is 11.1 Å². The van der Waals surface area contributed by atoms with E-state index in [1.54, 1.807) is 91.0 Å². The Morgan fingerprint density at radius 2 is 1.14 bits per heavy atom. The lowest BCUT2D eigenvalue weighted by Gasteiger charge is -2.29. The number of carbonyl (C=O) groups excluding carboxylic acids is 7. The van der Waals surface area contributed by atoms with Crippen molar-refractivity contribution in [3.8, 4) is 0 Å². The van der Waals surface area contributed by atoms with Crippen LogP contribution in [0.25, 0.3) is 0 Å². The Morgan fingerprint density at radius 3 is 1.63 bits per heavy atom. The summed E-state index contributed by atoms with van der Waals surface area (Å²) in [4.78, 5) is 110. The second kappa shape index (κ2) is 27.0. The van der Waals surface area contributed by atoms with Crippen LogP contribution in [0.2, 0.25) is 0 Å². The van der Waals surface area contributed by atoms with Gasteiger partial charge < -0.3 is 63.4 Å². The summed E-state index contributed by atoms with van der Waals surface area (Å²) in [5.41, 5.74) is 7.41. The number of hydrogen-bond donors (Lipinski definition) is 12. The zero-order valence-electron chi connectivity index (χ0n) is 39.2. The zero-order chi connectivity index (χ0) is 50.6. The lowest BCUT2D eigenvalue weighted by atomic mass is 10.0. The predicted molar refractivity (Wildman–Crippen MR) is 257 cm³/mol. The van der Waals surface area contributed by atoms with Gasteiger partial charge in [0.05, 0.1) is 12.6 Å². The average molecular weight is 968 g/mol. The van der Waals surface area contributed by atoms with Crippen LogP contribution in [-0.4, -0.2) is 143 Å². The summed E-state index contributed by atoms with van der Waals surface area (Å²) in [6.45, 7) is 1.50. The number of carboxylic acid groups (broad SMARTS) is 1. The van der Waals surface area contributed by atoms with Crippen molar-refractivity contribution in [3.63, 3.8) is 0 Å². The molecule has 3 aromatic carbocycles. The molecular formula is C49H65N11O10. The number of amides is 7. The molecule has 0 bridgehead atoms. The van der Waals surface area contributed by atoms with Crippen LogP contribution in [0.5, 0.6) is 0 Å². The standard InChI is InChI=1S/C49H65N11O10/c1-30(41(62)58-38(28-33-18-9-4-10-19-33)47(68)60-25-13-22-40(60)48(69)70)54-46(67)39(29-61)59-45(66)37(27-32-16-7-3-8-17-32)57-44(65)36(26-31-14-5-2-6-15-31)56-43(64)35(21-12-24-53-49(50)51)55-42(63)34-20-11-23-52-34/h2-10,14-19,30,34-40,52,61H,11-13,20-29H2,1H3,(H,54,67)(H,55,63)(H,56,64)(H,57,65)(H,58,62)(H,59,66)(H,69,70)(H4,50,51,53)/t30-,34-,35-,36-,37-,38-,39-,40+/m0/s1. The van der Waals surface area contributed by atoms with Gasteiger partial charge in [-0.25, -0.2) is 4.79 Å². The molecule has 13 N–H and O–H groups in total. The van der Waals surface area contributed by atoms with Gasteiger partial charge in [-0.1, -0.05) is 91.0 Å². The number of aliphatic hydroxyl groups is 1. The van der Waals surface area contributed by atoms with Crippen LogP contribution in [0.3, 0.4) is 0 Å². The minimum atomic E-state index is -1.63. The predicted octanol–water partition coefficient (Wildman–Crippen LogP) is -1.27. The molecule has 21 heteroatoms. The molecule has 0 radical (unpaired) electrons. The highest BCUT2D eigenvalue weighted by molar-refractivity contribution is 5.98. The molecule has 21 nitrogen and oxygen atoms in total. The number of aliphatic carboxylic acids is 1. The number of carbonyl (C=O) groups is 8. The minimum Gasteiger partial charge on any atom is -0.480 e. The molecule has 2 fully saturated rings. The van der Waals surface area contributed by atoms with Crippen molar-refractivity contribution < 1.29 is 48.6 Å². The third-order valence-corrected chi connectivity index (χ3v) is 12.1. The summed E-state index contributed by atoms with van der Waals surface area (Å²) >= 11 is 0. The van der Waals surface area contributed by atoms with Gasteiger partial charge in [0.25, 0.3) is 0 Å². The number of aliphatic hydroxyl groups excluding tert-OH is 1. The van der Waals surface area contributed by atoms with E-state index < -0.39 is 96.4 Å². The fourth-order valence-electron chi connectivity index (χ4n) is 8.32. The summed E-state index contributed by atoms with van der Waals surface area (Å²) in [5.74, 6) is -6.47. The zero-order valence-corrected chi connectivity index (χ0v) is 39.2. The number of benzene rings is 3. The molecule has 2 saturated heterocycles. The van der Waals surface area contributed by atoms with Crippen LogP contribution in [-0.2, 0) is 57.6 Å². The van der Waals surface area contributed by atoms with Crippen LogP contribution < -0.4 is 48.3 Å². The van der Waals surface area contributed by atoms with Crippen LogP contribution in [0, 0.1) is 5.41 Å². The first-order chi connectivity index (χ1) is 33.6. The van der Waals surface area contributed by atoms with Gasteiger partial charge >= 0.3 is 5.97 Å². The number of nitrogens with two attached hydrogens (primary N) is 1. The summed E-state index contributed by atoms with van der Waals surface area (Å²) in [6, 6.07) is 16.9. The van der Waals surface area contributed by atoms with Crippen molar-refractivity contribution in [1.29, 1.82) is 5.41 Å². The number of guanidine groups is 1. The van der Waals surface area contributed by atoms with Gasteiger partial charge in [-0.05, 0) is 68.7 Å². The van der Waals surface area contributed by atoms with E-state index in [0.29, 0.717) is 42.5 Å². The maximum Gasteiger partial charge on any atom is 0.326 e. The molecule has 0 saturated carbocycles. The smallest absolute Gasteiger partial charge is 0.326 e. The number of carboxylic acids is 1. The van der Waals surface area contributed by atoms with Gasteiger partial charge in [-0.3, -0.25) is 39.0 Å². The summed E-state index contributed by atoms with van der Waals surface area (Å²) < 4.78 is 0. The van der Waals surface area contributed by atoms with Gasteiger partial charge in [0.2, 0.25) is 41.4 Å². The molecule has 3 aromatic rings. The van der Waals surface area contributed by atoms with E-state index in [0.717, 1.165) is 6.42 Å². The Kier molecular flexibility index (Phi) is 20.6. The lowest BCUT2D eigenvalue weighted by molar-refractivity contribution is -0.149. The SMILES string of the molecule is C[C@H](NC(=O)[C@H](CO)NC(=O)[C@H](Cc1ccccc1)NC(=O)[C@H](Cc1ccccc1)NC(=O)[C@H](CCCNC(=N)N)NC(=O)[C@@H]1CCCN1)C(=O)N[C@@H](Cc1ccccc1)C(=O)N1CCC[C@@H]1C(=O)O.